The number of esters is 1. The van der Waals surface area contributed by atoms with Gasteiger partial charge >= 0.3 is 5.97 Å². The first-order valence-electron chi connectivity index (χ1n) is 7.16. The Morgan fingerprint density at radius 2 is 2.00 bits per heavy atom. The van der Waals surface area contributed by atoms with Crippen LogP contribution in [0.1, 0.15) is 52.4 Å². The van der Waals surface area contributed by atoms with Crippen molar-refractivity contribution in [2.75, 3.05) is 0 Å². The maximum absolute atomic E-state index is 12.2. The molecule has 7 heteroatoms. The predicted octanol–water partition coefficient (Wildman–Crippen LogP) is 2.22. The number of primary amides is 1. The van der Waals surface area contributed by atoms with Crippen molar-refractivity contribution in [3.05, 3.63) is 22.0 Å². The summed E-state index contributed by atoms with van der Waals surface area (Å²) in [7, 11) is 0. The molecule has 0 bridgehead atoms. The average molecular weight is 319 g/mol. The lowest BCUT2D eigenvalue weighted by atomic mass is 10.1. The van der Waals surface area contributed by atoms with Crippen LogP contribution in [0.5, 0.6) is 0 Å². The van der Waals surface area contributed by atoms with E-state index < -0.39 is 18.0 Å². The number of amides is 1. The van der Waals surface area contributed by atoms with Gasteiger partial charge in [-0.25, -0.2) is 14.8 Å². The molecule has 1 amide bonds. The zero-order chi connectivity index (χ0) is 16.0. The Morgan fingerprint density at radius 1 is 1.32 bits per heavy atom. The number of nitrogens with two attached hydrogens (primary N) is 1. The summed E-state index contributed by atoms with van der Waals surface area (Å²) in [5.74, 6) is 0.103. The summed E-state index contributed by atoms with van der Waals surface area (Å²) >= 11 is 1.28. The van der Waals surface area contributed by atoms with Crippen molar-refractivity contribution < 1.29 is 14.3 Å². The number of carbonyl (C=O) groups is 2. The second-order valence-electron chi connectivity index (χ2n) is 5.63. The Labute approximate surface area is 131 Å². The van der Waals surface area contributed by atoms with E-state index in [-0.39, 0.29) is 0 Å². The Hall–Kier alpha value is -2.02. The molecule has 3 rings (SSSR count). The van der Waals surface area contributed by atoms with Gasteiger partial charge in [0.15, 0.2) is 6.10 Å². The van der Waals surface area contributed by atoms with E-state index in [0.29, 0.717) is 10.8 Å². The Bertz CT molecular complexity index is 780. The van der Waals surface area contributed by atoms with Crippen LogP contribution >= 0.6 is 11.3 Å². The highest BCUT2D eigenvalue weighted by atomic mass is 32.1. The van der Waals surface area contributed by atoms with Crippen molar-refractivity contribution in [1.82, 2.24) is 9.97 Å². The third-order valence-corrected chi connectivity index (χ3v) is 4.97. The Morgan fingerprint density at radius 3 is 2.59 bits per heavy atom. The van der Waals surface area contributed by atoms with E-state index in [4.69, 9.17) is 10.5 Å². The molecule has 0 radical (unpaired) electrons. The van der Waals surface area contributed by atoms with E-state index in [0.717, 1.165) is 40.1 Å². The van der Waals surface area contributed by atoms with Crippen molar-refractivity contribution in [2.24, 2.45) is 5.73 Å². The molecule has 22 heavy (non-hydrogen) atoms. The molecule has 2 heterocycles. The van der Waals surface area contributed by atoms with E-state index in [2.05, 4.69) is 9.97 Å². The van der Waals surface area contributed by atoms with Crippen LogP contribution in [-0.4, -0.2) is 27.9 Å². The number of fused-ring (bicyclic) bond motifs is 1. The van der Waals surface area contributed by atoms with Gasteiger partial charge in [-0.2, -0.15) is 0 Å². The minimum Gasteiger partial charge on any atom is -0.448 e. The quantitative estimate of drug-likeness (QED) is 0.872. The molecule has 0 saturated heterocycles. The fourth-order valence-electron chi connectivity index (χ4n) is 2.35. The van der Waals surface area contributed by atoms with Crippen LogP contribution in [0.15, 0.2) is 0 Å². The summed E-state index contributed by atoms with van der Waals surface area (Å²) in [5, 5.41) is 0.896. The highest BCUT2D eigenvalue weighted by molar-refractivity contribution is 7.20. The summed E-state index contributed by atoms with van der Waals surface area (Å²) in [6.45, 7) is 5.23. The molecule has 0 aliphatic heterocycles. The van der Waals surface area contributed by atoms with Crippen LogP contribution in [-0.2, 0) is 9.53 Å². The highest BCUT2D eigenvalue weighted by Gasteiger charge is 2.29. The second-order valence-corrected chi connectivity index (χ2v) is 6.63. The number of nitrogens with zero attached hydrogens (tertiary/aromatic N) is 2. The highest BCUT2D eigenvalue weighted by Crippen LogP contribution is 2.40. The average Bonchev–Trinajstić information content (AvgIpc) is 3.23. The second kappa shape index (κ2) is 5.31. The van der Waals surface area contributed by atoms with Crippen LogP contribution in [0, 0.1) is 13.8 Å². The third kappa shape index (κ3) is 2.56. The molecule has 1 aliphatic carbocycles. The first-order chi connectivity index (χ1) is 10.4. The molecule has 1 saturated carbocycles. The van der Waals surface area contributed by atoms with Crippen LogP contribution in [0.3, 0.4) is 0 Å². The molecule has 116 valence electrons. The maximum atomic E-state index is 12.2. The van der Waals surface area contributed by atoms with E-state index in [1.54, 1.807) is 0 Å². The lowest BCUT2D eigenvalue weighted by molar-refractivity contribution is -0.125. The van der Waals surface area contributed by atoms with Crippen molar-refractivity contribution in [1.29, 1.82) is 0 Å². The van der Waals surface area contributed by atoms with Crippen LogP contribution < -0.4 is 5.73 Å². The number of hydrogen-bond acceptors (Lipinski definition) is 6. The van der Waals surface area contributed by atoms with Crippen LogP contribution in [0.2, 0.25) is 0 Å². The first-order valence-corrected chi connectivity index (χ1v) is 7.98. The third-order valence-electron chi connectivity index (χ3n) is 3.80. The lowest BCUT2D eigenvalue weighted by Crippen LogP contribution is -2.30. The smallest absolute Gasteiger partial charge is 0.349 e. The monoisotopic (exact) mass is 319 g/mol. The van der Waals surface area contributed by atoms with Crippen LogP contribution in [0.4, 0.5) is 0 Å². The van der Waals surface area contributed by atoms with Gasteiger partial charge in [-0.1, -0.05) is 0 Å². The van der Waals surface area contributed by atoms with Crippen molar-refractivity contribution in [3.63, 3.8) is 0 Å². The van der Waals surface area contributed by atoms with Crippen LogP contribution in [0.25, 0.3) is 10.2 Å². The molecule has 0 spiro atoms. The normalized spacial score (nSPS) is 15.8. The van der Waals surface area contributed by atoms with Gasteiger partial charge in [0.05, 0.1) is 5.69 Å². The summed E-state index contributed by atoms with van der Waals surface area (Å²) in [6, 6.07) is 0. The molecule has 6 nitrogen and oxygen atoms in total. The molecule has 2 aromatic rings. The minimum absolute atomic E-state index is 0.452. The number of hydrogen-bond donors (Lipinski definition) is 1. The predicted molar refractivity (Wildman–Crippen MR) is 82.9 cm³/mol. The maximum Gasteiger partial charge on any atom is 0.349 e. The summed E-state index contributed by atoms with van der Waals surface area (Å²) in [4.78, 5) is 33.6. The molecule has 2 aromatic heterocycles. The van der Waals surface area contributed by atoms with Gasteiger partial charge in [-0.05, 0) is 39.2 Å². The zero-order valence-corrected chi connectivity index (χ0v) is 13.5. The Kier molecular flexibility index (Phi) is 3.60. The summed E-state index contributed by atoms with van der Waals surface area (Å²) in [6.07, 6.45) is 1.30. The fraction of sp³-hybridized carbons (Fsp3) is 0.467. The van der Waals surface area contributed by atoms with E-state index in [9.17, 15) is 9.59 Å². The largest absolute Gasteiger partial charge is 0.448 e. The summed E-state index contributed by atoms with van der Waals surface area (Å²) in [5.41, 5.74) is 6.80. The number of thiophene rings is 1. The number of carbonyl (C=O) groups excluding carboxylic acids is 2. The molecule has 0 aromatic carbocycles. The SMILES string of the molecule is Cc1nc(C2CC2)nc2sc(C(=O)O[C@H](C)C(N)=O)c(C)c12. The molecule has 1 fully saturated rings. The van der Waals surface area contributed by atoms with Crippen molar-refractivity contribution in [2.45, 2.75) is 45.6 Å². The number of aromatic nitrogens is 2. The topological polar surface area (TPSA) is 95.2 Å². The molecule has 0 unspecified atom stereocenters. The van der Waals surface area contributed by atoms with Gasteiger partial charge < -0.3 is 10.5 Å². The van der Waals surface area contributed by atoms with E-state index in [1.165, 1.54) is 18.3 Å². The fourth-order valence-corrected chi connectivity index (χ4v) is 3.47. The van der Waals surface area contributed by atoms with Gasteiger partial charge in [-0.3, -0.25) is 4.79 Å². The first kappa shape index (κ1) is 14.9. The standard InChI is InChI=1S/C15H17N3O3S/c1-6-10-7(2)17-13(9-4-5-9)18-14(10)22-11(6)15(20)21-8(3)12(16)19/h8-9H,4-5H2,1-3H3,(H2,16,19)/t8-/m1/s1. The van der Waals surface area contributed by atoms with Crippen molar-refractivity contribution in [3.8, 4) is 0 Å². The van der Waals surface area contributed by atoms with Gasteiger partial charge in [0.2, 0.25) is 0 Å². The molecule has 2 N–H and O–H groups in total. The molecular formula is C15H17N3O3S. The molecule has 1 atom stereocenters. The zero-order valence-electron chi connectivity index (χ0n) is 12.7. The lowest BCUT2D eigenvalue weighted by Gasteiger charge is -2.08. The molecule has 1 aliphatic rings. The number of ether oxygens (including phenoxy) is 1. The minimum atomic E-state index is -0.952. The van der Waals surface area contributed by atoms with Gasteiger partial charge in [0, 0.05) is 11.3 Å². The van der Waals surface area contributed by atoms with Gasteiger partial charge in [0.1, 0.15) is 15.5 Å². The van der Waals surface area contributed by atoms with Gasteiger partial charge in [-0.15, -0.1) is 11.3 Å². The Balaban J connectivity index is 2.00. The summed E-state index contributed by atoms with van der Waals surface area (Å²) < 4.78 is 5.09. The number of aryl methyl sites for hydroxylation is 2. The molecular weight excluding hydrogens is 302 g/mol. The van der Waals surface area contributed by atoms with Gasteiger partial charge in [0.25, 0.3) is 5.91 Å². The number of rotatable bonds is 4. The van der Waals surface area contributed by atoms with E-state index in [1.807, 2.05) is 13.8 Å². The van der Waals surface area contributed by atoms with Crippen molar-refractivity contribution >= 4 is 33.4 Å². The van der Waals surface area contributed by atoms with E-state index >= 15 is 0 Å².